The van der Waals surface area contributed by atoms with Crippen LogP contribution in [0.5, 0.6) is 0 Å². The minimum absolute atomic E-state index is 0.00739. The number of esters is 1. The summed E-state index contributed by atoms with van der Waals surface area (Å²) in [6.07, 6.45) is -0.0725. The number of carbonyl (C=O) groups excluding carboxylic acids is 2. The van der Waals surface area contributed by atoms with Gasteiger partial charge in [0, 0.05) is 24.2 Å². The number of ether oxygens (including phenoxy) is 2. The Balaban J connectivity index is 1.16. The molecule has 2 saturated heterocycles. The van der Waals surface area contributed by atoms with E-state index < -0.39 is 11.5 Å². The lowest BCUT2D eigenvalue weighted by molar-refractivity contribution is -0.142. The quantitative estimate of drug-likeness (QED) is 0.554. The summed E-state index contributed by atoms with van der Waals surface area (Å²) >= 11 is 0. The third-order valence-electron chi connectivity index (χ3n) is 8.52. The molecule has 36 heavy (non-hydrogen) atoms. The van der Waals surface area contributed by atoms with E-state index in [4.69, 9.17) is 9.47 Å². The fraction of sp³-hybridized carbons (Fsp3) is 0.310. The van der Waals surface area contributed by atoms with Crippen LogP contribution in [0.25, 0.3) is 11.1 Å². The number of fused-ring (bicyclic) bond motifs is 4. The minimum Gasteiger partial charge on any atom is -0.468 e. The summed E-state index contributed by atoms with van der Waals surface area (Å²) in [5, 5.41) is 7.01. The Hall–Kier alpha value is -3.84. The van der Waals surface area contributed by atoms with Crippen molar-refractivity contribution >= 4 is 17.7 Å². The van der Waals surface area contributed by atoms with Crippen molar-refractivity contribution in [3.8, 4) is 11.1 Å². The number of carbonyl (C=O) groups is 2. The first-order chi connectivity index (χ1) is 17.6. The van der Waals surface area contributed by atoms with E-state index in [0.717, 1.165) is 11.3 Å². The third kappa shape index (κ3) is 2.83. The van der Waals surface area contributed by atoms with Gasteiger partial charge in [-0.25, -0.2) is 4.79 Å². The lowest BCUT2D eigenvalue weighted by atomic mass is 9.75. The maximum atomic E-state index is 13.6. The van der Waals surface area contributed by atoms with Crippen LogP contribution in [0, 0.1) is 0 Å². The number of likely N-dealkylation sites (tertiary alicyclic amines) is 1. The second kappa shape index (κ2) is 7.83. The van der Waals surface area contributed by atoms with Gasteiger partial charge in [0.25, 0.3) is 0 Å². The van der Waals surface area contributed by atoms with E-state index in [9.17, 15) is 9.59 Å². The van der Waals surface area contributed by atoms with Crippen LogP contribution in [-0.4, -0.2) is 55.5 Å². The zero-order chi connectivity index (χ0) is 24.4. The van der Waals surface area contributed by atoms with Crippen molar-refractivity contribution < 1.29 is 19.1 Å². The molecule has 3 heterocycles. The number of hydrogen-bond acceptors (Lipinski definition) is 6. The first-order valence-electron chi connectivity index (χ1n) is 12.4. The Kier molecular flexibility index (Phi) is 4.66. The molecule has 0 bridgehead atoms. The first kappa shape index (κ1) is 21.4. The number of benzene rings is 3. The Morgan fingerprint density at radius 3 is 2.36 bits per heavy atom. The number of anilines is 1. The summed E-state index contributed by atoms with van der Waals surface area (Å²) in [6, 6.07) is 24.3. The second-order valence-corrected chi connectivity index (χ2v) is 10.1. The first-order valence-corrected chi connectivity index (χ1v) is 12.4. The van der Waals surface area contributed by atoms with Crippen molar-refractivity contribution in [1.82, 2.24) is 10.2 Å². The van der Waals surface area contributed by atoms with Gasteiger partial charge in [0.05, 0.1) is 12.5 Å². The summed E-state index contributed by atoms with van der Waals surface area (Å²) in [5.41, 5.74) is 6.50. The summed E-state index contributed by atoms with van der Waals surface area (Å²) in [5.74, 6) is -0.262. The highest BCUT2D eigenvalue weighted by atomic mass is 16.6. The zero-order valence-electron chi connectivity index (χ0n) is 19.9. The molecule has 7 heteroatoms. The highest BCUT2D eigenvalue weighted by molar-refractivity contribution is 5.81. The molecule has 1 amide bonds. The van der Waals surface area contributed by atoms with E-state index in [1.54, 1.807) is 4.90 Å². The van der Waals surface area contributed by atoms with Gasteiger partial charge in [-0.05, 0) is 40.3 Å². The third-order valence-corrected chi connectivity index (χ3v) is 8.52. The second-order valence-electron chi connectivity index (χ2n) is 10.1. The van der Waals surface area contributed by atoms with Gasteiger partial charge in [-0.1, -0.05) is 66.7 Å². The normalized spacial score (nSPS) is 26.9. The molecule has 3 aliphatic heterocycles. The summed E-state index contributed by atoms with van der Waals surface area (Å²) in [6.45, 7) is 0.731. The van der Waals surface area contributed by atoms with Crippen LogP contribution in [0.1, 0.15) is 29.0 Å². The van der Waals surface area contributed by atoms with E-state index in [0.29, 0.717) is 13.0 Å². The predicted molar refractivity (Wildman–Crippen MR) is 135 cm³/mol. The molecule has 4 aliphatic rings. The number of para-hydroxylation sites is 1. The van der Waals surface area contributed by atoms with Crippen molar-refractivity contribution in [2.75, 3.05) is 25.6 Å². The number of nitrogens with zero attached hydrogens (tertiary/aromatic N) is 1. The summed E-state index contributed by atoms with van der Waals surface area (Å²) in [4.78, 5) is 27.8. The maximum absolute atomic E-state index is 13.6. The summed E-state index contributed by atoms with van der Waals surface area (Å²) in [7, 11) is 1.41. The Morgan fingerprint density at radius 1 is 0.972 bits per heavy atom. The molecule has 2 N–H and O–H groups in total. The molecular weight excluding hydrogens is 454 g/mol. The van der Waals surface area contributed by atoms with E-state index in [1.807, 2.05) is 42.5 Å². The molecule has 0 aromatic heterocycles. The Labute approximate surface area is 209 Å². The lowest BCUT2D eigenvalue weighted by Gasteiger charge is -2.31. The van der Waals surface area contributed by atoms with Gasteiger partial charge in [-0.3, -0.25) is 15.0 Å². The van der Waals surface area contributed by atoms with Crippen LogP contribution in [0.4, 0.5) is 10.5 Å². The number of hydrogen-bond donors (Lipinski definition) is 2. The fourth-order valence-corrected chi connectivity index (χ4v) is 6.99. The van der Waals surface area contributed by atoms with E-state index in [1.165, 1.54) is 29.4 Å². The van der Waals surface area contributed by atoms with Crippen molar-refractivity contribution in [2.45, 2.75) is 36.0 Å². The smallest absolute Gasteiger partial charge is 0.411 e. The van der Waals surface area contributed by atoms with Crippen LogP contribution in [0.2, 0.25) is 0 Å². The Bertz CT molecular complexity index is 1340. The molecule has 1 spiro atoms. The number of rotatable bonds is 3. The summed E-state index contributed by atoms with van der Waals surface area (Å²) < 4.78 is 11.0. The van der Waals surface area contributed by atoms with Gasteiger partial charge in [-0.15, -0.1) is 0 Å². The van der Waals surface area contributed by atoms with Gasteiger partial charge >= 0.3 is 12.1 Å². The van der Waals surface area contributed by atoms with Crippen molar-refractivity contribution in [2.24, 2.45) is 0 Å². The standard InChI is InChI=1S/C29H27N3O4/c1-35-26(33)24-14-29-22-12-6-7-13-23(22)31-27(29)32(15-25(29)30-24)28(34)36-16-21-19-10-4-2-8-17(19)18-9-3-5-11-20(18)21/h2-13,21,24-25,27,30-31H,14-16H2,1H3/t24-,25-,27-,29+/m0/s1. The highest BCUT2D eigenvalue weighted by Gasteiger charge is 2.65. The van der Waals surface area contributed by atoms with Crippen molar-refractivity contribution in [3.63, 3.8) is 0 Å². The average molecular weight is 482 g/mol. The molecule has 1 aliphatic carbocycles. The topological polar surface area (TPSA) is 79.9 Å². The zero-order valence-corrected chi connectivity index (χ0v) is 19.9. The molecule has 0 saturated carbocycles. The van der Waals surface area contributed by atoms with Crippen LogP contribution in [0.15, 0.2) is 72.8 Å². The van der Waals surface area contributed by atoms with Gasteiger partial charge in [0.2, 0.25) is 0 Å². The molecule has 4 atom stereocenters. The molecule has 3 aromatic rings. The van der Waals surface area contributed by atoms with E-state index in [2.05, 4.69) is 41.0 Å². The van der Waals surface area contributed by atoms with Crippen LogP contribution >= 0.6 is 0 Å². The minimum atomic E-state index is -0.416. The molecule has 0 radical (unpaired) electrons. The molecule has 3 aromatic carbocycles. The van der Waals surface area contributed by atoms with E-state index >= 15 is 0 Å². The van der Waals surface area contributed by atoms with Crippen molar-refractivity contribution in [1.29, 1.82) is 0 Å². The van der Waals surface area contributed by atoms with Crippen LogP contribution in [0.3, 0.4) is 0 Å². The largest absolute Gasteiger partial charge is 0.468 e. The maximum Gasteiger partial charge on any atom is 0.411 e. The van der Waals surface area contributed by atoms with Crippen LogP contribution in [-0.2, 0) is 19.7 Å². The van der Waals surface area contributed by atoms with Gasteiger partial charge in [-0.2, -0.15) is 0 Å². The lowest BCUT2D eigenvalue weighted by Crippen LogP contribution is -2.47. The van der Waals surface area contributed by atoms with Gasteiger partial charge in [0.1, 0.15) is 18.8 Å². The number of methoxy groups -OCH3 is 1. The average Bonchev–Trinajstić information content (AvgIpc) is 3.62. The number of amides is 1. The highest BCUT2D eigenvalue weighted by Crippen LogP contribution is 2.54. The SMILES string of the molecule is COC(=O)[C@@H]1C[C@]23c4ccccc4N[C@H]2N(C(=O)OCC2c4ccccc4-c4ccccc42)C[C@@H]3N1. The molecule has 182 valence electrons. The van der Waals surface area contributed by atoms with Gasteiger partial charge < -0.3 is 14.8 Å². The van der Waals surface area contributed by atoms with Crippen molar-refractivity contribution in [3.05, 3.63) is 89.5 Å². The van der Waals surface area contributed by atoms with Crippen LogP contribution < -0.4 is 10.6 Å². The molecule has 7 rings (SSSR count). The van der Waals surface area contributed by atoms with E-state index in [-0.39, 0.29) is 36.8 Å². The monoisotopic (exact) mass is 481 g/mol. The Morgan fingerprint density at radius 2 is 1.64 bits per heavy atom. The van der Waals surface area contributed by atoms with Gasteiger partial charge in [0.15, 0.2) is 0 Å². The molecule has 0 unspecified atom stereocenters. The molecule has 7 nitrogen and oxygen atoms in total. The predicted octanol–water partition coefficient (Wildman–Crippen LogP) is 3.84. The fourth-order valence-electron chi connectivity index (χ4n) is 6.99. The number of nitrogens with one attached hydrogen (secondary N) is 2. The molecule has 2 fully saturated rings. The molecular formula is C29H27N3O4.